The molecule has 0 radical (unpaired) electrons. The highest BCUT2D eigenvalue weighted by atomic mass is 16.5. The Morgan fingerprint density at radius 2 is 1.31 bits per heavy atom. The molecule has 0 saturated heterocycles. The SMILES string of the molecule is CCCCCCCCCC=CC=CC=CC=CC=CC=CC(=O)OCC(O)CO. The number of carbonyl (C=O) groups is 1. The molecule has 0 aromatic rings. The van der Waals surface area contributed by atoms with Crippen molar-refractivity contribution in [3.63, 3.8) is 0 Å². The van der Waals surface area contributed by atoms with Crippen LogP contribution in [-0.2, 0) is 9.53 Å². The Labute approximate surface area is 176 Å². The van der Waals surface area contributed by atoms with Gasteiger partial charge in [-0.05, 0) is 12.8 Å². The van der Waals surface area contributed by atoms with Gasteiger partial charge in [0.2, 0.25) is 0 Å². The van der Waals surface area contributed by atoms with Crippen molar-refractivity contribution in [3.8, 4) is 0 Å². The summed E-state index contributed by atoms with van der Waals surface area (Å²) in [6, 6.07) is 0. The monoisotopic (exact) mass is 402 g/mol. The van der Waals surface area contributed by atoms with Crippen LogP contribution >= 0.6 is 0 Å². The van der Waals surface area contributed by atoms with Gasteiger partial charge in [-0.3, -0.25) is 0 Å². The van der Waals surface area contributed by atoms with Crippen LogP contribution in [0.25, 0.3) is 0 Å². The predicted octanol–water partition coefficient (Wildman–Crippen LogP) is 5.36. The molecule has 0 fully saturated rings. The number of carbonyl (C=O) groups excluding carboxylic acids is 1. The molecule has 0 spiro atoms. The largest absolute Gasteiger partial charge is 0.460 e. The number of allylic oxidation sites excluding steroid dienone is 11. The first kappa shape index (κ1) is 26.8. The Morgan fingerprint density at radius 3 is 1.90 bits per heavy atom. The number of aliphatic hydroxyl groups excluding tert-OH is 2. The number of esters is 1. The second-order valence-electron chi connectivity index (χ2n) is 6.70. The summed E-state index contributed by atoms with van der Waals surface area (Å²) in [5.41, 5.74) is 0. The molecule has 4 nitrogen and oxygen atoms in total. The van der Waals surface area contributed by atoms with E-state index in [-0.39, 0.29) is 6.61 Å². The van der Waals surface area contributed by atoms with Crippen molar-refractivity contribution in [2.24, 2.45) is 0 Å². The van der Waals surface area contributed by atoms with Crippen molar-refractivity contribution in [3.05, 3.63) is 72.9 Å². The quantitative estimate of drug-likeness (QED) is 0.149. The molecule has 2 N–H and O–H groups in total. The van der Waals surface area contributed by atoms with Gasteiger partial charge in [-0.25, -0.2) is 4.79 Å². The standard InChI is InChI=1S/C25H38O4/c1-2-3-4-5-6-7-8-9-10-11-12-13-14-15-16-17-18-19-20-21-25(28)29-23-24(27)22-26/h10-21,24,26-27H,2-9,22-23H2,1H3. The number of rotatable bonds is 17. The van der Waals surface area contributed by atoms with Gasteiger partial charge in [0.25, 0.3) is 0 Å². The van der Waals surface area contributed by atoms with E-state index in [2.05, 4.69) is 19.1 Å². The van der Waals surface area contributed by atoms with Crippen molar-refractivity contribution in [1.82, 2.24) is 0 Å². The van der Waals surface area contributed by atoms with Gasteiger partial charge in [-0.2, -0.15) is 0 Å². The van der Waals surface area contributed by atoms with Gasteiger partial charge in [0.15, 0.2) is 0 Å². The zero-order valence-corrected chi connectivity index (χ0v) is 17.8. The molecule has 0 aliphatic heterocycles. The first-order valence-electron chi connectivity index (χ1n) is 10.7. The van der Waals surface area contributed by atoms with E-state index in [0.29, 0.717) is 0 Å². The van der Waals surface area contributed by atoms with E-state index in [1.807, 2.05) is 36.5 Å². The summed E-state index contributed by atoms with van der Waals surface area (Å²) in [5, 5.41) is 17.7. The molecule has 0 rings (SSSR count). The number of unbranched alkanes of at least 4 members (excludes halogenated alkanes) is 7. The molecule has 0 saturated carbocycles. The van der Waals surface area contributed by atoms with Crippen LogP contribution in [0, 0.1) is 0 Å². The van der Waals surface area contributed by atoms with Crippen LogP contribution < -0.4 is 0 Å². The van der Waals surface area contributed by atoms with E-state index in [0.717, 1.165) is 6.42 Å². The Hall–Kier alpha value is -2.17. The topological polar surface area (TPSA) is 66.8 Å². The zero-order valence-electron chi connectivity index (χ0n) is 17.8. The third kappa shape index (κ3) is 22.0. The first-order valence-corrected chi connectivity index (χ1v) is 10.7. The van der Waals surface area contributed by atoms with Gasteiger partial charge in [-0.1, -0.05) is 112 Å². The molecule has 0 bridgehead atoms. The maximum Gasteiger partial charge on any atom is 0.330 e. The summed E-state index contributed by atoms with van der Waals surface area (Å²) in [7, 11) is 0. The van der Waals surface area contributed by atoms with Crippen molar-refractivity contribution in [2.45, 2.75) is 64.4 Å². The van der Waals surface area contributed by atoms with E-state index in [1.165, 1.54) is 51.0 Å². The van der Waals surface area contributed by atoms with Gasteiger partial charge in [0, 0.05) is 6.08 Å². The van der Waals surface area contributed by atoms with Gasteiger partial charge in [-0.15, -0.1) is 0 Å². The molecule has 0 aliphatic carbocycles. The average molecular weight is 403 g/mol. The summed E-state index contributed by atoms with van der Waals surface area (Å²) >= 11 is 0. The minimum atomic E-state index is -1.03. The van der Waals surface area contributed by atoms with E-state index in [1.54, 1.807) is 18.2 Å². The van der Waals surface area contributed by atoms with E-state index in [9.17, 15) is 4.79 Å². The zero-order chi connectivity index (χ0) is 21.4. The molecule has 0 aliphatic rings. The molecule has 0 aromatic heterocycles. The molecule has 1 atom stereocenters. The minimum absolute atomic E-state index is 0.212. The highest BCUT2D eigenvalue weighted by molar-refractivity contribution is 5.82. The lowest BCUT2D eigenvalue weighted by molar-refractivity contribution is -0.141. The first-order chi connectivity index (χ1) is 14.2. The Balaban J connectivity index is 3.72. The van der Waals surface area contributed by atoms with Crippen LogP contribution in [-0.4, -0.2) is 35.5 Å². The van der Waals surface area contributed by atoms with Gasteiger partial charge in [0.05, 0.1) is 6.61 Å². The van der Waals surface area contributed by atoms with E-state index >= 15 is 0 Å². The van der Waals surface area contributed by atoms with Gasteiger partial charge in [0.1, 0.15) is 12.7 Å². The minimum Gasteiger partial charge on any atom is -0.460 e. The number of hydrogen-bond acceptors (Lipinski definition) is 4. The van der Waals surface area contributed by atoms with E-state index < -0.39 is 18.7 Å². The molecule has 162 valence electrons. The van der Waals surface area contributed by atoms with Crippen molar-refractivity contribution in [1.29, 1.82) is 0 Å². The van der Waals surface area contributed by atoms with Crippen molar-refractivity contribution >= 4 is 5.97 Å². The second kappa shape index (κ2) is 22.1. The summed E-state index contributed by atoms with van der Waals surface area (Å²) in [5.74, 6) is -0.559. The fourth-order valence-corrected chi connectivity index (χ4v) is 2.32. The molecule has 1 unspecified atom stereocenters. The van der Waals surface area contributed by atoms with Crippen LogP contribution in [0.4, 0.5) is 0 Å². The highest BCUT2D eigenvalue weighted by Gasteiger charge is 2.03. The lowest BCUT2D eigenvalue weighted by Gasteiger charge is -2.05. The lowest BCUT2D eigenvalue weighted by atomic mass is 10.1. The van der Waals surface area contributed by atoms with Crippen LogP contribution in [0.15, 0.2) is 72.9 Å². The Kier molecular flexibility index (Phi) is 20.5. The van der Waals surface area contributed by atoms with Gasteiger partial charge < -0.3 is 14.9 Å². The maximum atomic E-state index is 11.3. The maximum absolute atomic E-state index is 11.3. The Bertz CT molecular complexity index is 553. The predicted molar refractivity (Wildman–Crippen MR) is 122 cm³/mol. The third-order valence-electron chi connectivity index (χ3n) is 3.97. The van der Waals surface area contributed by atoms with Crippen LogP contribution in [0.3, 0.4) is 0 Å². The number of hydrogen-bond donors (Lipinski definition) is 2. The molecular weight excluding hydrogens is 364 g/mol. The number of aliphatic hydroxyl groups is 2. The summed E-state index contributed by atoms with van der Waals surface area (Å²) in [4.78, 5) is 11.3. The fourth-order valence-electron chi connectivity index (χ4n) is 2.32. The molecular formula is C25H38O4. The highest BCUT2D eigenvalue weighted by Crippen LogP contribution is 2.08. The van der Waals surface area contributed by atoms with E-state index in [4.69, 9.17) is 14.9 Å². The smallest absolute Gasteiger partial charge is 0.330 e. The average Bonchev–Trinajstić information content (AvgIpc) is 2.73. The summed E-state index contributed by atoms with van der Waals surface area (Å²) in [6.45, 7) is 1.61. The fraction of sp³-hybridized carbons (Fsp3) is 0.480. The third-order valence-corrected chi connectivity index (χ3v) is 3.97. The molecule has 0 heterocycles. The van der Waals surface area contributed by atoms with Crippen LogP contribution in [0.5, 0.6) is 0 Å². The summed E-state index contributed by atoms with van der Waals surface area (Å²) in [6.07, 6.45) is 31.8. The normalized spacial score (nSPS) is 13.9. The van der Waals surface area contributed by atoms with Crippen LogP contribution in [0.2, 0.25) is 0 Å². The molecule has 0 aromatic carbocycles. The van der Waals surface area contributed by atoms with Crippen molar-refractivity contribution in [2.75, 3.05) is 13.2 Å². The molecule has 29 heavy (non-hydrogen) atoms. The Morgan fingerprint density at radius 1 is 0.793 bits per heavy atom. The number of ether oxygens (including phenoxy) is 1. The molecule has 0 amide bonds. The second-order valence-corrected chi connectivity index (χ2v) is 6.70. The molecule has 4 heteroatoms. The van der Waals surface area contributed by atoms with Crippen molar-refractivity contribution < 1.29 is 19.7 Å². The van der Waals surface area contributed by atoms with Crippen LogP contribution in [0.1, 0.15) is 58.3 Å². The summed E-state index contributed by atoms with van der Waals surface area (Å²) < 4.78 is 4.72. The lowest BCUT2D eigenvalue weighted by Crippen LogP contribution is -2.21. The van der Waals surface area contributed by atoms with Gasteiger partial charge >= 0.3 is 5.97 Å².